The van der Waals surface area contributed by atoms with Crippen molar-refractivity contribution >= 4 is 5.91 Å². The first-order valence-corrected chi connectivity index (χ1v) is 8.35. The molecule has 1 atom stereocenters. The Hall–Kier alpha value is -1.55. The maximum Gasteiger partial charge on any atom is 0.237 e. The topological polar surface area (TPSA) is 41.6 Å². The number of amides is 1. The summed E-state index contributed by atoms with van der Waals surface area (Å²) in [5.74, 6) is 0.959. The van der Waals surface area contributed by atoms with Crippen LogP contribution in [0.25, 0.3) is 0 Å². The largest absolute Gasteiger partial charge is 0.497 e. The molecule has 1 aromatic carbocycles. The van der Waals surface area contributed by atoms with E-state index in [-0.39, 0.29) is 11.9 Å². The second-order valence-electron chi connectivity index (χ2n) is 6.05. The Bertz CT molecular complexity index is 451. The molecule has 0 radical (unpaired) electrons. The van der Waals surface area contributed by atoms with Crippen molar-refractivity contribution in [2.24, 2.45) is 0 Å². The molecular weight excluding hydrogens is 276 g/mol. The second-order valence-corrected chi connectivity index (χ2v) is 6.05. The van der Waals surface area contributed by atoms with Crippen molar-refractivity contribution < 1.29 is 9.53 Å². The molecule has 1 N–H and O–H groups in total. The van der Waals surface area contributed by atoms with E-state index in [1.165, 1.54) is 32.1 Å². The van der Waals surface area contributed by atoms with Gasteiger partial charge in [0, 0.05) is 6.54 Å². The summed E-state index contributed by atoms with van der Waals surface area (Å²) in [6.07, 6.45) is 6.32. The van der Waals surface area contributed by atoms with Gasteiger partial charge in [-0.05, 0) is 50.6 Å². The maximum atomic E-state index is 12.4. The fourth-order valence-electron chi connectivity index (χ4n) is 2.91. The lowest BCUT2D eigenvalue weighted by Crippen LogP contribution is -2.46. The molecule has 0 bridgehead atoms. The summed E-state index contributed by atoms with van der Waals surface area (Å²) < 4.78 is 5.14. The number of ether oxygens (including phenoxy) is 1. The summed E-state index contributed by atoms with van der Waals surface area (Å²) in [7, 11) is 1.65. The average molecular weight is 304 g/mol. The zero-order valence-electron chi connectivity index (χ0n) is 13.8. The van der Waals surface area contributed by atoms with E-state index in [4.69, 9.17) is 4.74 Å². The van der Waals surface area contributed by atoms with Crippen LogP contribution in [-0.4, -0.2) is 37.0 Å². The van der Waals surface area contributed by atoms with E-state index in [1.807, 2.05) is 31.2 Å². The third-order valence-electron chi connectivity index (χ3n) is 4.44. The highest BCUT2D eigenvalue weighted by Gasteiger charge is 2.21. The van der Waals surface area contributed by atoms with Crippen LogP contribution in [0.3, 0.4) is 0 Å². The molecule has 1 heterocycles. The highest BCUT2D eigenvalue weighted by atomic mass is 16.5. The van der Waals surface area contributed by atoms with Gasteiger partial charge in [-0.25, -0.2) is 0 Å². The van der Waals surface area contributed by atoms with Crippen LogP contribution in [0.4, 0.5) is 0 Å². The molecule has 122 valence electrons. The van der Waals surface area contributed by atoms with Crippen molar-refractivity contribution in [3.8, 4) is 5.75 Å². The summed E-state index contributed by atoms with van der Waals surface area (Å²) in [6.45, 7) is 4.67. The first-order valence-electron chi connectivity index (χ1n) is 8.35. The molecule has 22 heavy (non-hydrogen) atoms. The predicted octanol–water partition coefficient (Wildman–Crippen LogP) is 2.97. The molecule has 0 saturated carbocycles. The first-order chi connectivity index (χ1) is 10.7. The zero-order chi connectivity index (χ0) is 15.8. The lowest BCUT2D eigenvalue weighted by molar-refractivity contribution is -0.126. The molecule has 1 saturated heterocycles. The van der Waals surface area contributed by atoms with Gasteiger partial charge in [0.2, 0.25) is 5.91 Å². The predicted molar refractivity (Wildman–Crippen MR) is 89.0 cm³/mol. The Morgan fingerprint density at radius 1 is 1.14 bits per heavy atom. The van der Waals surface area contributed by atoms with Gasteiger partial charge in [-0.15, -0.1) is 0 Å². The van der Waals surface area contributed by atoms with Gasteiger partial charge in [0.25, 0.3) is 0 Å². The van der Waals surface area contributed by atoms with Gasteiger partial charge in [0.15, 0.2) is 0 Å². The number of nitrogens with zero attached hydrogens (tertiary/aromatic N) is 1. The summed E-state index contributed by atoms with van der Waals surface area (Å²) in [6, 6.07) is 7.77. The number of hydrogen-bond donors (Lipinski definition) is 1. The first kappa shape index (κ1) is 16.8. The van der Waals surface area contributed by atoms with Gasteiger partial charge in [-0.3, -0.25) is 9.69 Å². The van der Waals surface area contributed by atoms with E-state index in [0.29, 0.717) is 6.54 Å². The molecule has 2 rings (SSSR count). The van der Waals surface area contributed by atoms with Crippen LogP contribution in [0.2, 0.25) is 0 Å². The van der Waals surface area contributed by atoms with Crippen LogP contribution < -0.4 is 10.1 Å². The molecule has 0 spiro atoms. The van der Waals surface area contributed by atoms with Crippen molar-refractivity contribution in [3.05, 3.63) is 29.8 Å². The van der Waals surface area contributed by atoms with Crippen molar-refractivity contribution in [3.63, 3.8) is 0 Å². The van der Waals surface area contributed by atoms with Gasteiger partial charge in [-0.2, -0.15) is 0 Å². The van der Waals surface area contributed by atoms with Gasteiger partial charge < -0.3 is 10.1 Å². The number of carbonyl (C=O) groups excluding carboxylic acids is 1. The Morgan fingerprint density at radius 2 is 1.73 bits per heavy atom. The summed E-state index contributed by atoms with van der Waals surface area (Å²) in [4.78, 5) is 14.7. The number of methoxy groups -OCH3 is 1. The summed E-state index contributed by atoms with van der Waals surface area (Å²) in [5, 5.41) is 3.05. The molecule has 0 aromatic heterocycles. The third kappa shape index (κ3) is 5.02. The summed E-state index contributed by atoms with van der Waals surface area (Å²) >= 11 is 0. The highest BCUT2D eigenvalue weighted by Crippen LogP contribution is 2.14. The van der Waals surface area contributed by atoms with Crippen LogP contribution in [0.15, 0.2) is 24.3 Å². The van der Waals surface area contributed by atoms with E-state index in [9.17, 15) is 4.79 Å². The Kier molecular flexibility index (Phi) is 6.72. The van der Waals surface area contributed by atoms with Gasteiger partial charge in [-0.1, -0.05) is 31.4 Å². The SMILES string of the molecule is COc1ccc(CNC(=O)C(C)N2CCCCCCC2)cc1. The Labute approximate surface area is 133 Å². The highest BCUT2D eigenvalue weighted by molar-refractivity contribution is 5.81. The fraction of sp³-hybridized carbons (Fsp3) is 0.611. The summed E-state index contributed by atoms with van der Waals surface area (Å²) in [5.41, 5.74) is 1.09. The quantitative estimate of drug-likeness (QED) is 0.909. The van der Waals surface area contributed by atoms with Crippen LogP contribution in [0, 0.1) is 0 Å². The average Bonchev–Trinajstić information content (AvgIpc) is 2.52. The second kappa shape index (κ2) is 8.79. The molecule has 1 amide bonds. The molecule has 1 aliphatic rings. The lowest BCUT2D eigenvalue weighted by Gasteiger charge is -2.29. The van der Waals surface area contributed by atoms with Crippen molar-refractivity contribution in [1.82, 2.24) is 10.2 Å². The van der Waals surface area contributed by atoms with E-state index in [2.05, 4.69) is 10.2 Å². The van der Waals surface area contributed by atoms with Crippen molar-refractivity contribution in [2.45, 2.75) is 51.6 Å². The van der Waals surface area contributed by atoms with Gasteiger partial charge >= 0.3 is 0 Å². The zero-order valence-corrected chi connectivity index (χ0v) is 13.8. The molecule has 4 nitrogen and oxygen atoms in total. The van der Waals surface area contributed by atoms with Crippen LogP contribution >= 0.6 is 0 Å². The van der Waals surface area contributed by atoms with Gasteiger partial charge in [0.1, 0.15) is 5.75 Å². The number of likely N-dealkylation sites (tertiary alicyclic amines) is 1. The van der Waals surface area contributed by atoms with E-state index < -0.39 is 0 Å². The number of hydrogen-bond acceptors (Lipinski definition) is 3. The van der Waals surface area contributed by atoms with Crippen LogP contribution in [0.1, 0.15) is 44.6 Å². The minimum atomic E-state index is -0.0450. The number of nitrogens with one attached hydrogen (secondary N) is 1. The number of rotatable bonds is 5. The smallest absolute Gasteiger partial charge is 0.237 e. The molecule has 1 aromatic rings. The molecule has 1 aliphatic heterocycles. The van der Waals surface area contributed by atoms with Crippen molar-refractivity contribution in [1.29, 1.82) is 0 Å². The molecular formula is C18H28N2O2. The lowest BCUT2D eigenvalue weighted by atomic mass is 10.1. The molecule has 1 fully saturated rings. The standard InChI is InChI=1S/C18H28N2O2/c1-15(20-12-6-4-3-5-7-13-20)18(21)19-14-16-8-10-17(22-2)11-9-16/h8-11,15H,3-7,12-14H2,1-2H3,(H,19,21). The van der Waals surface area contributed by atoms with E-state index in [0.717, 1.165) is 24.4 Å². The fourth-order valence-corrected chi connectivity index (χ4v) is 2.91. The number of benzene rings is 1. The monoisotopic (exact) mass is 304 g/mol. The van der Waals surface area contributed by atoms with Crippen LogP contribution in [-0.2, 0) is 11.3 Å². The minimum absolute atomic E-state index is 0.0450. The molecule has 1 unspecified atom stereocenters. The maximum absolute atomic E-state index is 12.4. The Balaban J connectivity index is 1.81. The van der Waals surface area contributed by atoms with Crippen molar-refractivity contribution in [2.75, 3.05) is 20.2 Å². The third-order valence-corrected chi connectivity index (χ3v) is 4.44. The van der Waals surface area contributed by atoms with Crippen LogP contribution in [0.5, 0.6) is 5.75 Å². The van der Waals surface area contributed by atoms with E-state index in [1.54, 1.807) is 7.11 Å². The Morgan fingerprint density at radius 3 is 2.32 bits per heavy atom. The normalized spacial score (nSPS) is 18.1. The van der Waals surface area contributed by atoms with Gasteiger partial charge in [0.05, 0.1) is 13.2 Å². The molecule has 0 aliphatic carbocycles. The van der Waals surface area contributed by atoms with E-state index >= 15 is 0 Å². The minimum Gasteiger partial charge on any atom is -0.497 e. The molecule has 4 heteroatoms. The number of carbonyl (C=O) groups is 1.